The summed E-state index contributed by atoms with van der Waals surface area (Å²) in [6, 6.07) is 4.81. The molecule has 0 heterocycles. The molecule has 0 amide bonds. The molecule has 1 rings (SSSR count). The first-order valence-corrected chi connectivity index (χ1v) is 9.32. The van der Waals surface area contributed by atoms with Crippen molar-refractivity contribution < 1.29 is 19.8 Å². The van der Waals surface area contributed by atoms with E-state index in [4.69, 9.17) is 0 Å². The van der Waals surface area contributed by atoms with Crippen molar-refractivity contribution in [3.05, 3.63) is 34.9 Å². The number of carboxylic acid groups (broad SMARTS) is 2. The molecule has 0 aliphatic rings. The molecule has 0 aromatic heterocycles. The average Bonchev–Trinajstić information content (AvgIpc) is 2.52. The van der Waals surface area contributed by atoms with Crippen molar-refractivity contribution >= 4 is 11.9 Å². The van der Waals surface area contributed by atoms with Gasteiger partial charge in [-0.15, -0.1) is 0 Å². The molecule has 1 aromatic carbocycles. The van der Waals surface area contributed by atoms with E-state index in [-0.39, 0.29) is 11.1 Å². The van der Waals surface area contributed by atoms with Gasteiger partial charge in [0.15, 0.2) is 0 Å². The molecule has 0 radical (unpaired) electrons. The molecule has 1 aromatic rings. The van der Waals surface area contributed by atoms with Crippen LogP contribution >= 0.6 is 0 Å². The number of aromatic carboxylic acids is 2. The first-order valence-electron chi connectivity index (χ1n) is 9.32. The predicted molar refractivity (Wildman–Crippen MR) is 100 cm³/mol. The molecule has 4 nitrogen and oxygen atoms in total. The van der Waals surface area contributed by atoms with Gasteiger partial charge in [0.1, 0.15) is 0 Å². The fourth-order valence-corrected chi connectivity index (χ4v) is 3.20. The summed E-state index contributed by atoms with van der Waals surface area (Å²) in [5.41, 5.74) is 0.706. The Hall–Kier alpha value is -1.84. The standard InChI is InChI=1S/C21H32O4/c1-14(2)7-5-9-16(10-6-8-15(3)4)17-11-12-18(20(22)23)19(13-17)21(24)25/h11-16H,5-10H2,1-4H3,(H,22,23)(H,24,25). The zero-order valence-electron chi connectivity index (χ0n) is 15.9. The van der Waals surface area contributed by atoms with Crippen LogP contribution in [0.1, 0.15) is 98.4 Å². The third-order valence-corrected chi connectivity index (χ3v) is 4.64. The third-order valence-electron chi connectivity index (χ3n) is 4.64. The first-order chi connectivity index (χ1) is 11.7. The van der Waals surface area contributed by atoms with Crippen molar-refractivity contribution in [1.82, 2.24) is 0 Å². The lowest BCUT2D eigenvalue weighted by molar-refractivity contribution is 0.0651. The molecule has 0 saturated heterocycles. The van der Waals surface area contributed by atoms with Crippen LogP contribution in [0, 0.1) is 11.8 Å². The number of hydrogen-bond donors (Lipinski definition) is 2. The van der Waals surface area contributed by atoms with E-state index < -0.39 is 11.9 Å². The molecule has 4 heteroatoms. The van der Waals surface area contributed by atoms with E-state index in [1.54, 1.807) is 12.1 Å². The Morgan fingerprint density at radius 2 is 1.28 bits per heavy atom. The summed E-state index contributed by atoms with van der Waals surface area (Å²) in [6.07, 6.45) is 6.54. The van der Waals surface area contributed by atoms with Crippen molar-refractivity contribution in [2.24, 2.45) is 11.8 Å². The number of benzene rings is 1. The van der Waals surface area contributed by atoms with Crippen molar-refractivity contribution in [3.63, 3.8) is 0 Å². The highest BCUT2D eigenvalue weighted by atomic mass is 16.4. The van der Waals surface area contributed by atoms with Crippen molar-refractivity contribution in [1.29, 1.82) is 0 Å². The van der Waals surface area contributed by atoms with Crippen LogP contribution in [-0.2, 0) is 0 Å². The van der Waals surface area contributed by atoms with Gasteiger partial charge in [-0.3, -0.25) is 0 Å². The number of carbonyl (C=O) groups is 2. The van der Waals surface area contributed by atoms with Gasteiger partial charge in [0, 0.05) is 0 Å². The Balaban J connectivity index is 2.99. The third kappa shape index (κ3) is 7.29. The Labute approximate surface area is 151 Å². The monoisotopic (exact) mass is 348 g/mol. The number of rotatable bonds is 11. The zero-order valence-corrected chi connectivity index (χ0v) is 15.9. The molecular formula is C21H32O4. The van der Waals surface area contributed by atoms with Crippen LogP contribution in [0.4, 0.5) is 0 Å². The Morgan fingerprint density at radius 1 is 0.800 bits per heavy atom. The van der Waals surface area contributed by atoms with E-state index in [9.17, 15) is 19.8 Å². The normalized spacial score (nSPS) is 11.5. The smallest absolute Gasteiger partial charge is 0.336 e. The molecule has 0 bridgehead atoms. The lowest BCUT2D eigenvalue weighted by Crippen LogP contribution is -2.10. The quantitative estimate of drug-likeness (QED) is 0.528. The Kier molecular flexibility index (Phi) is 8.67. The summed E-state index contributed by atoms with van der Waals surface area (Å²) in [7, 11) is 0. The van der Waals surface area contributed by atoms with E-state index in [0.29, 0.717) is 17.8 Å². The van der Waals surface area contributed by atoms with Gasteiger partial charge in [0.25, 0.3) is 0 Å². The summed E-state index contributed by atoms with van der Waals surface area (Å²) in [4.78, 5) is 22.7. The van der Waals surface area contributed by atoms with E-state index >= 15 is 0 Å². The largest absolute Gasteiger partial charge is 0.478 e. The van der Waals surface area contributed by atoms with Crippen molar-refractivity contribution in [2.45, 2.75) is 72.1 Å². The maximum absolute atomic E-state index is 11.4. The van der Waals surface area contributed by atoms with E-state index in [0.717, 1.165) is 44.1 Å². The van der Waals surface area contributed by atoms with Crippen LogP contribution in [-0.4, -0.2) is 22.2 Å². The van der Waals surface area contributed by atoms with Crippen LogP contribution in [0.2, 0.25) is 0 Å². The van der Waals surface area contributed by atoms with Crippen LogP contribution < -0.4 is 0 Å². The maximum Gasteiger partial charge on any atom is 0.336 e. The summed E-state index contributed by atoms with van der Waals surface area (Å²) in [6.45, 7) is 8.83. The molecule has 140 valence electrons. The summed E-state index contributed by atoms with van der Waals surface area (Å²) in [5.74, 6) is -0.776. The minimum absolute atomic E-state index is 0.109. The van der Waals surface area contributed by atoms with E-state index in [1.165, 1.54) is 6.07 Å². The predicted octanol–water partition coefficient (Wildman–Crippen LogP) is 5.82. The Bertz CT molecular complexity index is 561. The topological polar surface area (TPSA) is 74.6 Å². The lowest BCUT2D eigenvalue weighted by atomic mass is 9.85. The second-order valence-corrected chi connectivity index (χ2v) is 7.76. The molecular weight excluding hydrogens is 316 g/mol. The summed E-state index contributed by atoms with van der Waals surface area (Å²) in [5, 5.41) is 18.5. The highest BCUT2D eigenvalue weighted by molar-refractivity contribution is 6.01. The van der Waals surface area contributed by atoms with Gasteiger partial charge in [-0.2, -0.15) is 0 Å². The highest BCUT2D eigenvalue weighted by Crippen LogP contribution is 2.30. The minimum atomic E-state index is -1.19. The van der Waals surface area contributed by atoms with Gasteiger partial charge in [-0.25, -0.2) is 9.59 Å². The van der Waals surface area contributed by atoms with Crippen molar-refractivity contribution in [2.75, 3.05) is 0 Å². The van der Waals surface area contributed by atoms with Crippen LogP contribution in [0.25, 0.3) is 0 Å². The molecule has 0 aliphatic heterocycles. The molecule has 2 N–H and O–H groups in total. The molecule has 0 fully saturated rings. The van der Waals surface area contributed by atoms with Crippen LogP contribution in [0.15, 0.2) is 18.2 Å². The summed E-state index contributed by atoms with van der Waals surface area (Å²) >= 11 is 0. The Morgan fingerprint density at radius 3 is 1.68 bits per heavy atom. The second kappa shape index (κ2) is 10.2. The molecule has 0 unspecified atom stereocenters. The fourth-order valence-electron chi connectivity index (χ4n) is 3.20. The van der Waals surface area contributed by atoms with Gasteiger partial charge < -0.3 is 10.2 Å². The number of hydrogen-bond acceptors (Lipinski definition) is 2. The van der Waals surface area contributed by atoms with E-state index in [1.807, 2.05) is 0 Å². The molecule has 25 heavy (non-hydrogen) atoms. The van der Waals surface area contributed by atoms with Crippen molar-refractivity contribution in [3.8, 4) is 0 Å². The SMILES string of the molecule is CC(C)CCCC(CCCC(C)C)c1ccc(C(=O)O)c(C(=O)O)c1. The molecule has 0 atom stereocenters. The van der Waals surface area contributed by atoms with Gasteiger partial charge in [0.2, 0.25) is 0 Å². The van der Waals surface area contributed by atoms with E-state index in [2.05, 4.69) is 27.7 Å². The van der Waals surface area contributed by atoms with Gasteiger partial charge >= 0.3 is 11.9 Å². The summed E-state index contributed by atoms with van der Waals surface area (Å²) < 4.78 is 0. The van der Waals surface area contributed by atoms with Gasteiger partial charge in [0.05, 0.1) is 11.1 Å². The van der Waals surface area contributed by atoms with Gasteiger partial charge in [-0.1, -0.05) is 59.4 Å². The average molecular weight is 348 g/mol. The molecule has 0 saturated carbocycles. The lowest BCUT2D eigenvalue weighted by Gasteiger charge is -2.19. The zero-order chi connectivity index (χ0) is 19.0. The molecule has 0 spiro atoms. The fraction of sp³-hybridized carbons (Fsp3) is 0.619. The van der Waals surface area contributed by atoms with Crippen LogP contribution in [0.3, 0.4) is 0 Å². The minimum Gasteiger partial charge on any atom is -0.478 e. The maximum atomic E-state index is 11.4. The number of carboxylic acids is 2. The second-order valence-electron chi connectivity index (χ2n) is 7.76. The first kappa shape index (κ1) is 21.2. The van der Waals surface area contributed by atoms with Gasteiger partial charge in [-0.05, 0) is 48.3 Å². The van der Waals surface area contributed by atoms with Crippen LogP contribution in [0.5, 0.6) is 0 Å². The highest BCUT2D eigenvalue weighted by Gasteiger charge is 2.20. The molecule has 0 aliphatic carbocycles.